The van der Waals surface area contributed by atoms with E-state index in [4.69, 9.17) is 9.47 Å². The number of nitrogens with one attached hydrogen (secondary N) is 1. The molecule has 4 rings (SSSR count). The molecule has 104 valence electrons. The number of aromatic nitrogens is 1. The molecule has 0 radical (unpaired) electrons. The quantitative estimate of drug-likeness (QED) is 0.788. The van der Waals surface area contributed by atoms with Crippen LogP contribution in [0.1, 0.15) is 10.4 Å². The maximum absolute atomic E-state index is 12.1. The fourth-order valence-corrected chi connectivity index (χ4v) is 3.00. The molecule has 1 aliphatic rings. The van der Waals surface area contributed by atoms with Gasteiger partial charge in [0.25, 0.3) is 5.91 Å². The first-order chi connectivity index (χ1) is 10.3. The van der Waals surface area contributed by atoms with Gasteiger partial charge in [0.05, 0.1) is 10.2 Å². The molecule has 0 atom stereocenters. The summed E-state index contributed by atoms with van der Waals surface area (Å²) in [5, 5.41) is 3.37. The van der Waals surface area contributed by atoms with E-state index in [0.717, 1.165) is 10.2 Å². The summed E-state index contributed by atoms with van der Waals surface area (Å²) in [6.45, 7) is 0.240. The number of nitrogens with zero attached hydrogens (tertiary/aromatic N) is 1. The lowest BCUT2D eigenvalue weighted by Crippen LogP contribution is -2.11. The van der Waals surface area contributed by atoms with Gasteiger partial charge < -0.3 is 9.47 Å². The van der Waals surface area contributed by atoms with E-state index in [1.54, 1.807) is 12.1 Å². The maximum atomic E-state index is 12.1. The van der Waals surface area contributed by atoms with Crippen molar-refractivity contribution in [1.82, 2.24) is 4.98 Å². The first kappa shape index (κ1) is 12.2. The number of rotatable bonds is 2. The van der Waals surface area contributed by atoms with E-state index < -0.39 is 0 Å². The summed E-state index contributed by atoms with van der Waals surface area (Å²) >= 11 is 1.41. The minimum absolute atomic E-state index is 0.172. The van der Waals surface area contributed by atoms with Crippen LogP contribution in [-0.2, 0) is 0 Å². The second kappa shape index (κ2) is 4.75. The molecule has 0 unspecified atom stereocenters. The van der Waals surface area contributed by atoms with Gasteiger partial charge in [-0.05, 0) is 12.1 Å². The predicted molar refractivity (Wildman–Crippen MR) is 80.1 cm³/mol. The van der Waals surface area contributed by atoms with Crippen molar-refractivity contribution in [3.63, 3.8) is 0 Å². The van der Waals surface area contributed by atoms with Crippen LogP contribution in [0.5, 0.6) is 11.5 Å². The van der Waals surface area contributed by atoms with Gasteiger partial charge in [-0.1, -0.05) is 29.5 Å². The number of fused-ring (bicyclic) bond motifs is 2. The van der Waals surface area contributed by atoms with Gasteiger partial charge in [-0.2, -0.15) is 0 Å². The Morgan fingerprint density at radius 2 is 1.90 bits per heavy atom. The van der Waals surface area contributed by atoms with Crippen molar-refractivity contribution in [2.75, 3.05) is 12.1 Å². The summed E-state index contributed by atoms with van der Waals surface area (Å²) in [6.07, 6.45) is 0. The largest absolute Gasteiger partial charge is 0.454 e. The number of carbonyl (C=O) groups is 1. The Bertz CT molecular complexity index is 789. The lowest BCUT2D eigenvalue weighted by molar-refractivity contribution is 0.102. The summed E-state index contributed by atoms with van der Waals surface area (Å²) < 4.78 is 11.6. The van der Waals surface area contributed by atoms with E-state index in [9.17, 15) is 4.79 Å². The van der Waals surface area contributed by atoms with Crippen molar-refractivity contribution in [2.24, 2.45) is 0 Å². The Balaban J connectivity index is 1.64. The van der Waals surface area contributed by atoms with Gasteiger partial charge in [0.1, 0.15) is 0 Å². The first-order valence-electron chi connectivity index (χ1n) is 6.36. The van der Waals surface area contributed by atoms with E-state index in [-0.39, 0.29) is 12.7 Å². The van der Waals surface area contributed by atoms with Gasteiger partial charge in [-0.3, -0.25) is 10.1 Å². The first-order valence-corrected chi connectivity index (χ1v) is 7.18. The monoisotopic (exact) mass is 298 g/mol. The van der Waals surface area contributed by atoms with E-state index in [1.165, 1.54) is 11.3 Å². The molecule has 2 aromatic carbocycles. The van der Waals surface area contributed by atoms with E-state index >= 15 is 0 Å². The highest BCUT2D eigenvalue weighted by Gasteiger charge is 2.17. The second-order valence-corrected chi connectivity index (χ2v) is 5.54. The average molecular weight is 298 g/mol. The van der Waals surface area contributed by atoms with Gasteiger partial charge in [-0.15, -0.1) is 0 Å². The second-order valence-electron chi connectivity index (χ2n) is 4.51. The molecule has 0 spiro atoms. The van der Waals surface area contributed by atoms with Crippen molar-refractivity contribution in [3.05, 3.63) is 48.0 Å². The van der Waals surface area contributed by atoms with Crippen molar-refractivity contribution >= 4 is 32.6 Å². The van der Waals surface area contributed by atoms with Crippen LogP contribution in [0.25, 0.3) is 10.2 Å². The highest BCUT2D eigenvalue weighted by Crippen LogP contribution is 2.38. The lowest BCUT2D eigenvalue weighted by atomic mass is 10.2. The molecule has 5 nitrogen and oxygen atoms in total. The zero-order chi connectivity index (χ0) is 14.2. The smallest absolute Gasteiger partial charge is 0.257 e. The standard InChI is InChI=1S/C15H10N2O3S/c18-14(9-4-2-1-3-5-9)17-15-16-10-6-11-12(20-8-19-11)7-13(10)21-15/h1-7H,8H2,(H,16,17,18). The number of amides is 1. The Morgan fingerprint density at radius 3 is 2.71 bits per heavy atom. The van der Waals surface area contributed by atoms with Crippen molar-refractivity contribution in [1.29, 1.82) is 0 Å². The SMILES string of the molecule is O=C(Nc1nc2cc3c(cc2s1)OCO3)c1ccccc1. The minimum Gasteiger partial charge on any atom is -0.454 e. The Labute approximate surface area is 124 Å². The fraction of sp³-hybridized carbons (Fsp3) is 0.0667. The average Bonchev–Trinajstić information content (AvgIpc) is 3.10. The molecule has 0 aliphatic carbocycles. The third-order valence-electron chi connectivity index (χ3n) is 3.14. The molecule has 2 heterocycles. The number of benzene rings is 2. The molecule has 0 saturated heterocycles. The van der Waals surface area contributed by atoms with Gasteiger partial charge in [0, 0.05) is 17.7 Å². The van der Waals surface area contributed by atoms with Gasteiger partial charge in [-0.25, -0.2) is 4.98 Å². The summed E-state index contributed by atoms with van der Waals surface area (Å²) in [6, 6.07) is 12.8. The van der Waals surface area contributed by atoms with E-state index in [0.29, 0.717) is 22.2 Å². The molecule has 21 heavy (non-hydrogen) atoms. The summed E-state index contributed by atoms with van der Waals surface area (Å²) in [4.78, 5) is 16.5. The molecule has 0 bridgehead atoms. The highest BCUT2D eigenvalue weighted by molar-refractivity contribution is 7.22. The number of ether oxygens (including phenoxy) is 2. The number of thiazole rings is 1. The molecular weight excluding hydrogens is 288 g/mol. The molecular formula is C15H10N2O3S. The zero-order valence-electron chi connectivity index (χ0n) is 10.8. The Kier molecular flexibility index (Phi) is 2.75. The predicted octanol–water partition coefficient (Wildman–Crippen LogP) is 3.28. The Hall–Kier alpha value is -2.60. The molecule has 0 fully saturated rings. The molecule has 1 aromatic heterocycles. The van der Waals surface area contributed by atoms with Gasteiger partial charge >= 0.3 is 0 Å². The number of hydrogen-bond acceptors (Lipinski definition) is 5. The van der Waals surface area contributed by atoms with Gasteiger partial charge in [0.15, 0.2) is 16.6 Å². The molecule has 0 saturated carbocycles. The molecule has 6 heteroatoms. The topological polar surface area (TPSA) is 60.5 Å². The summed E-state index contributed by atoms with van der Waals surface area (Å²) in [7, 11) is 0. The van der Waals surface area contributed by atoms with Crippen molar-refractivity contribution in [3.8, 4) is 11.5 Å². The van der Waals surface area contributed by atoms with Crippen LogP contribution in [0.3, 0.4) is 0 Å². The molecule has 1 N–H and O–H groups in total. The van der Waals surface area contributed by atoms with Crippen LogP contribution in [0, 0.1) is 0 Å². The van der Waals surface area contributed by atoms with Crippen LogP contribution in [0.15, 0.2) is 42.5 Å². The normalized spacial score (nSPS) is 12.6. The minimum atomic E-state index is -0.172. The van der Waals surface area contributed by atoms with Crippen molar-refractivity contribution < 1.29 is 14.3 Å². The van der Waals surface area contributed by atoms with Gasteiger partial charge in [0.2, 0.25) is 6.79 Å². The van der Waals surface area contributed by atoms with Crippen LogP contribution >= 0.6 is 11.3 Å². The highest BCUT2D eigenvalue weighted by atomic mass is 32.1. The molecule has 1 amide bonds. The summed E-state index contributed by atoms with van der Waals surface area (Å²) in [5.41, 5.74) is 1.39. The van der Waals surface area contributed by atoms with Crippen LogP contribution < -0.4 is 14.8 Å². The number of carbonyl (C=O) groups excluding carboxylic acids is 1. The van der Waals surface area contributed by atoms with Crippen LogP contribution in [-0.4, -0.2) is 17.7 Å². The molecule has 3 aromatic rings. The third kappa shape index (κ3) is 2.19. The lowest BCUT2D eigenvalue weighted by Gasteiger charge is -2.00. The molecule has 1 aliphatic heterocycles. The maximum Gasteiger partial charge on any atom is 0.257 e. The Morgan fingerprint density at radius 1 is 1.14 bits per heavy atom. The van der Waals surface area contributed by atoms with Crippen LogP contribution in [0.4, 0.5) is 5.13 Å². The van der Waals surface area contributed by atoms with E-state index in [1.807, 2.05) is 30.3 Å². The third-order valence-corrected chi connectivity index (χ3v) is 4.07. The fourth-order valence-electron chi connectivity index (χ4n) is 2.13. The van der Waals surface area contributed by atoms with Crippen molar-refractivity contribution in [2.45, 2.75) is 0 Å². The van der Waals surface area contributed by atoms with E-state index in [2.05, 4.69) is 10.3 Å². The zero-order valence-corrected chi connectivity index (χ0v) is 11.6. The number of anilines is 1. The van der Waals surface area contributed by atoms with Crippen LogP contribution in [0.2, 0.25) is 0 Å². The summed E-state index contributed by atoms with van der Waals surface area (Å²) in [5.74, 6) is 1.23. The number of hydrogen-bond donors (Lipinski definition) is 1.